The van der Waals surface area contributed by atoms with Crippen LogP contribution in [0.2, 0.25) is 0 Å². The van der Waals surface area contributed by atoms with Gasteiger partial charge in [-0.15, -0.1) is 0 Å². The quantitative estimate of drug-likeness (QED) is 0.605. The summed E-state index contributed by atoms with van der Waals surface area (Å²) in [7, 11) is 0. The summed E-state index contributed by atoms with van der Waals surface area (Å²) >= 11 is 0. The number of piperidine rings is 3. The van der Waals surface area contributed by atoms with Gasteiger partial charge in [0, 0.05) is 18.7 Å². The first-order valence-corrected chi connectivity index (χ1v) is 12.7. The van der Waals surface area contributed by atoms with Gasteiger partial charge in [-0.3, -0.25) is 19.8 Å². The van der Waals surface area contributed by atoms with Crippen molar-refractivity contribution in [2.75, 3.05) is 31.5 Å². The molecule has 3 heterocycles. The third kappa shape index (κ3) is 6.32. The molecule has 4 rings (SSSR count). The van der Waals surface area contributed by atoms with Crippen LogP contribution in [0.1, 0.15) is 64.4 Å². The zero-order valence-electron chi connectivity index (χ0n) is 21.2. The monoisotopic (exact) mass is 506 g/mol. The Morgan fingerprint density at radius 1 is 1.06 bits per heavy atom. The molecule has 0 bridgehead atoms. The first-order chi connectivity index (χ1) is 16.9. The number of nitrogens with zero attached hydrogens (tertiary/aromatic N) is 2. The molecule has 2 N–H and O–H groups in total. The van der Waals surface area contributed by atoms with Gasteiger partial charge in [-0.25, -0.2) is 13.6 Å². The van der Waals surface area contributed by atoms with Crippen molar-refractivity contribution >= 4 is 23.6 Å². The molecular weight excluding hydrogens is 470 g/mol. The Kier molecular flexibility index (Phi) is 7.54. The largest absolute Gasteiger partial charge is 0.444 e. The molecule has 0 radical (unpaired) electrons. The normalized spacial score (nSPS) is 25.9. The van der Waals surface area contributed by atoms with Gasteiger partial charge in [0.15, 0.2) is 0 Å². The second-order valence-electron chi connectivity index (χ2n) is 11.0. The molecule has 10 heteroatoms. The van der Waals surface area contributed by atoms with E-state index in [-0.39, 0.29) is 30.7 Å². The maximum absolute atomic E-state index is 15.1. The van der Waals surface area contributed by atoms with Crippen molar-refractivity contribution in [3.63, 3.8) is 0 Å². The summed E-state index contributed by atoms with van der Waals surface area (Å²) in [6, 6.07) is 6.57. The van der Waals surface area contributed by atoms with Gasteiger partial charge in [0.25, 0.3) is 5.92 Å². The fraction of sp³-hybridized carbons (Fsp3) is 0.654. The molecular formula is C26H36F2N4O4. The molecule has 1 aromatic rings. The predicted octanol–water partition coefficient (Wildman–Crippen LogP) is 3.73. The number of imide groups is 1. The lowest BCUT2D eigenvalue weighted by molar-refractivity contribution is -0.133. The summed E-state index contributed by atoms with van der Waals surface area (Å²) in [6.45, 7) is 5.97. The van der Waals surface area contributed by atoms with E-state index in [9.17, 15) is 14.4 Å². The van der Waals surface area contributed by atoms with E-state index in [2.05, 4.69) is 10.6 Å². The zero-order chi connectivity index (χ0) is 26.1. The van der Waals surface area contributed by atoms with E-state index in [1.165, 1.54) is 0 Å². The smallest absolute Gasteiger partial charge is 0.410 e. The fourth-order valence-corrected chi connectivity index (χ4v) is 5.29. The molecule has 8 nitrogen and oxygen atoms in total. The Bertz CT molecular complexity index is 971. The number of rotatable bonds is 4. The Labute approximate surface area is 210 Å². The maximum atomic E-state index is 15.1. The van der Waals surface area contributed by atoms with E-state index >= 15 is 8.78 Å². The fourth-order valence-electron chi connectivity index (χ4n) is 5.29. The molecule has 36 heavy (non-hydrogen) atoms. The number of nitrogens with one attached hydrogen (secondary N) is 2. The van der Waals surface area contributed by atoms with Gasteiger partial charge < -0.3 is 15.0 Å². The molecule has 3 aliphatic rings. The van der Waals surface area contributed by atoms with Crippen LogP contribution in [0.4, 0.5) is 19.3 Å². The van der Waals surface area contributed by atoms with E-state index in [4.69, 9.17) is 4.74 Å². The molecule has 2 atom stereocenters. The number of hydrogen-bond acceptors (Lipinski definition) is 6. The van der Waals surface area contributed by atoms with Crippen LogP contribution in [0, 0.1) is 0 Å². The SMILES string of the molecule is CC(C)(C)OC(=O)N1CCC(N2CCC(c3ccc(NC4CCC(=O)NC4=O)cc3)CC2)C(F)(F)C1. The van der Waals surface area contributed by atoms with Crippen LogP contribution >= 0.6 is 0 Å². The van der Waals surface area contributed by atoms with Crippen molar-refractivity contribution in [2.45, 2.75) is 82.4 Å². The van der Waals surface area contributed by atoms with Gasteiger partial charge in [-0.05, 0) is 83.2 Å². The Morgan fingerprint density at radius 3 is 2.31 bits per heavy atom. The standard InChI is InChI=1S/C26H36F2N4O4/c1-25(2,3)36-24(35)32-15-12-21(26(27,28)16-32)31-13-10-18(11-14-31)17-4-6-19(7-5-17)29-20-8-9-22(33)30-23(20)34/h4-7,18,20-21,29H,8-16H2,1-3H3,(H,30,33,34). The lowest BCUT2D eigenvalue weighted by atomic mass is 9.87. The number of hydrogen-bond donors (Lipinski definition) is 2. The first-order valence-electron chi connectivity index (χ1n) is 12.7. The number of alkyl halides is 2. The highest BCUT2D eigenvalue weighted by Gasteiger charge is 2.49. The number of benzene rings is 1. The molecule has 198 valence electrons. The van der Waals surface area contributed by atoms with Gasteiger partial charge in [0.2, 0.25) is 11.8 Å². The van der Waals surface area contributed by atoms with Gasteiger partial charge >= 0.3 is 6.09 Å². The molecule has 3 amide bonds. The van der Waals surface area contributed by atoms with E-state index < -0.39 is 36.2 Å². The highest BCUT2D eigenvalue weighted by molar-refractivity contribution is 6.01. The number of carbonyl (C=O) groups is 3. The lowest BCUT2D eigenvalue weighted by Gasteiger charge is -2.45. The van der Waals surface area contributed by atoms with Gasteiger partial charge in [0.05, 0.1) is 12.6 Å². The molecule has 3 fully saturated rings. The first kappa shape index (κ1) is 26.3. The molecule has 0 spiro atoms. The van der Waals surface area contributed by atoms with Crippen LogP contribution < -0.4 is 10.6 Å². The average Bonchev–Trinajstić information content (AvgIpc) is 2.80. The van der Waals surface area contributed by atoms with Gasteiger partial charge in [-0.1, -0.05) is 12.1 Å². The number of amides is 3. The highest BCUT2D eigenvalue weighted by atomic mass is 19.3. The van der Waals surface area contributed by atoms with Crippen LogP contribution in [0.3, 0.4) is 0 Å². The Balaban J connectivity index is 1.28. The number of anilines is 1. The van der Waals surface area contributed by atoms with Crippen LogP contribution in [0.15, 0.2) is 24.3 Å². The minimum atomic E-state index is -2.99. The third-order valence-electron chi connectivity index (χ3n) is 7.15. The van der Waals surface area contributed by atoms with Gasteiger partial charge in [-0.2, -0.15) is 0 Å². The summed E-state index contributed by atoms with van der Waals surface area (Å²) < 4.78 is 35.4. The van der Waals surface area contributed by atoms with Gasteiger partial charge in [0.1, 0.15) is 11.6 Å². The van der Waals surface area contributed by atoms with Crippen molar-refractivity contribution in [3.05, 3.63) is 29.8 Å². The number of carbonyl (C=O) groups excluding carboxylic acids is 3. The molecule has 3 saturated heterocycles. The second-order valence-corrected chi connectivity index (χ2v) is 11.0. The number of ether oxygens (including phenoxy) is 1. The Morgan fingerprint density at radius 2 is 1.72 bits per heavy atom. The van der Waals surface area contributed by atoms with E-state index in [1.807, 2.05) is 29.2 Å². The zero-order valence-corrected chi connectivity index (χ0v) is 21.2. The molecule has 0 aliphatic carbocycles. The minimum Gasteiger partial charge on any atom is -0.444 e. The van der Waals surface area contributed by atoms with Crippen LogP contribution in [0.5, 0.6) is 0 Å². The van der Waals surface area contributed by atoms with E-state index in [0.29, 0.717) is 25.9 Å². The maximum Gasteiger partial charge on any atom is 0.410 e. The second kappa shape index (κ2) is 10.3. The van der Waals surface area contributed by atoms with Crippen molar-refractivity contribution in [2.24, 2.45) is 0 Å². The minimum absolute atomic E-state index is 0.220. The molecule has 3 aliphatic heterocycles. The van der Waals surface area contributed by atoms with Crippen LogP contribution in [-0.2, 0) is 14.3 Å². The topological polar surface area (TPSA) is 91.0 Å². The average molecular weight is 507 g/mol. The van der Waals surface area contributed by atoms with Crippen molar-refractivity contribution < 1.29 is 27.9 Å². The lowest BCUT2D eigenvalue weighted by Crippen LogP contribution is -2.60. The van der Waals surface area contributed by atoms with Crippen LogP contribution in [0.25, 0.3) is 0 Å². The summed E-state index contributed by atoms with van der Waals surface area (Å²) in [5.41, 5.74) is 1.24. The number of halogens is 2. The van der Waals surface area contributed by atoms with E-state index in [1.54, 1.807) is 20.8 Å². The van der Waals surface area contributed by atoms with Crippen LogP contribution in [-0.4, -0.2) is 77.5 Å². The predicted molar refractivity (Wildman–Crippen MR) is 131 cm³/mol. The van der Waals surface area contributed by atoms with E-state index in [0.717, 1.165) is 29.0 Å². The molecule has 0 saturated carbocycles. The molecule has 2 unspecified atom stereocenters. The van der Waals surface area contributed by atoms with Crippen molar-refractivity contribution in [1.82, 2.24) is 15.1 Å². The molecule has 1 aromatic carbocycles. The molecule has 0 aromatic heterocycles. The Hall–Kier alpha value is -2.75. The summed E-state index contributed by atoms with van der Waals surface area (Å²) in [6.07, 6.45) is 1.88. The summed E-state index contributed by atoms with van der Waals surface area (Å²) in [5, 5.41) is 5.51. The summed E-state index contributed by atoms with van der Waals surface area (Å²) in [4.78, 5) is 38.5. The van der Waals surface area contributed by atoms with Crippen molar-refractivity contribution in [3.8, 4) is 0 Å². The highest BCUT2D eigenvalue weighted by Crippen LogP contribution is 2.36. The summed E-state index contributed by atoms with van der Waals surface area (Å²) in [5.74, 6) is -3.27. The van der Waals surface area contributed by atoms with Crippen molar-refractivity contribution in [1.29, 1.82) is 0 Å². The third-order valence-corrected chi connectivity index (χ3v) is 7.15. The number of likely N-dealkylation sites (tertiary alicyclic amines) is 2.